The van der Waals surface area contributed by atoms with Crippen LogP contribution in [0.2, 0.25) is 0 Å². The van der Waals surface area contributed by atoms with Gasteiger partial charge in [0.2, 0.25) is 0 Å². The van der Waals surface area contributed by atoms with Crippen molar-refractivity contribution in [2.24, 2.45) is 17.3 Å². The van der Waals surface area contributed by atoms with Gasteiger partial charge >= 0.3 is 6.18 Å². The second-order valence-electron chi connectivity index (χ2n) is 6.95. The van der Waals surface area contributed by atoms with Crippen LogP contribution in [0.25, 0.3) is 0 Å². The normalized spacial score (nSPS) is 29.6. The number of likely N-dealkylation sites (tertiary alicyclic amines) is 1. The Kier molecular flexibility index (Phi) is 4.47. The first-order valence-corrected chi connectivity index (χ1v) is 7.53. The second-order valence-corrected chi connectivity index (χ2v) is 6.95. The smallest absolute Gasteiger partial charge is 0.303 e. The van der Waals surface area contributed by atoms with E-state index < -0.39 is 12.1 Å². The maximum absolute atomic E-state index is 12.6. The van der Waals surface area contributed by atoms with Gasteiger partial charge in [-0.1, -0.05) is 20.3 Å². The summed E-state index contributed by atoms with van der Waals surface area (Å²) >= 11 is 0. The van der Waals surface area contributed by atoms with Gasteiger partial charge in [0.1, 0.15) is 5.78 Å². The maximum atomic E-state index is 12.6. The SMILES string of the molecule is CC1(C)CCCC(CN2CCC(C(F)(F)F)CC2)C1=O. The Bertz CT molecular complexity index is 357. The third-order valence-corrected chi connectivity index (χ3v) is 4.92. The van der Waals surface area contributed by atoms with Crippen LogP contribution in [0.4, 0.5) is 13.2 Å². The summed E-state index contributed by atoms with van der Waals surface area (Å²) in [5, 5.41) is 0. The highest BCUT2D eigenvalue weighted by atomic mass is 19.4. The molecule has 0 aromatic heterocycles. The third-order valence-electron chi connectivity index (χ3n) is 4.92. The van der Waals surface area contributed by atoms with E-state index in [1.807, 2.05) is 18.7 Å². The molecule has 20 heavy (non-hydrogen) atoms. The Morgan fingerprint density at radius 3 is 2.35 bits per heavy atom. The lowest BCUT2D eigenvalue weighted by molar-refractivity contribution is -0.185. The van der Waals surface area contributed by atoms with Crippen molar-refractivity contribution in [3.05, 3.63) is 0 Å². The number of Topliss-reactive ketones (excluding diaryl/α,β-unsaturated/α-hetero) is 1. The predicted octanol–water partition coefficient (Wildman–Crippen LogP) is 3.66. The van der Waals surface area contributed by atoms with E-state index >= 15 is 0 Å². The molecule has 0 N–H and O–H groups in total. The molecule has 0 aromatic carbocycles. The summed E-state index contributed by atoms with van der Waals surface area (Å²) in [5.74, 6) is -0.847. The number of alkyl halides is 3. The molecule has 116 valence electrons. The van der Waals surface area contributed by atoms with Crippen molar-refractivity contribution in [2.75, 3.05) is 19.6 Å². The van der Waals surface area contributed by atoms with Gasteiger partial charge in [0.25, 0.3) is 0 Å². The van der Waals surface area contributed by atoms with Crippen LogP contribution in [0, 0.1) is 17.3 Å². The van der Waals surface area contributed by atoms with E-state index in [0.717, 1.165) is 19.3 Å². The van der Waals surface area contributed by atoms with Gasteiger partial charge in [-0.25, -0.2) is 0 Å². The Morgan fingerprint density at radius 2 is 1.80 bits per heavy atom. The van der Waals surface area contributed by atoms with Crippen molar-refractivity contribution in [1.82, 2.24) is 4.90 Å². The highest BCUT2D eigenvalue weighted by Crippen LogP contribution is 2.37. The van der Waals surface area contributed by atoms with Crippen molar-refractivity contribution in [3.8, 4) is 0 Å². The first-order valence-electron chi connectivity index (χ1n) is 7.53. The number of hydrogen-bond donors (Lipinski definition) is 0. The zero-order valence-corrected chi connectivity index (χ0v) is 12.3. The molecule has 2 rings (SSSR count). The zero-order chi connectivity index (χ0) is 15.0. The summed E-state index contributed by atoms with van der Waals surface area (Å²) in [6.45, 7) is 5.55. The van der Waals surface area contributed by atoms with Gasteiger partial charge in [0.15, 0.2) is 0 Å². The largest absolute Gasteiger partial charge is 0.391 e. The molecule has 2 aliphatic rings. The second kappa shape index (κ2) is 5.66. The number of carbonyl (C=O) groups excluding carboxylic acids is 1. The van der Waals surface area contributed by atoms with Gasteiger partial charge in [0, 0.05) is 17.9 Å². The first-order chi connectivity index (χ1) is 9.20. The first kappa shape index (κ1) is 15.8. The summed E-state index contributed by atoms with van der Waals surface area (Å²) in [6, 6.07) is 0. The van der Waals surface area contributed by atoms with Crippen LogP contribution in [-0.4, -0.2) is 36.5 Å². The number of halogens is 3. The van der Waals surface area contributed by atoms with Gasteiger partial charge < -0.3 is 4.90 Å². The van der Waals surface area contributed by atoms with Gasteiger partial charge in [-0.2, -0.15) is 13.2 Å². The minimum atomic E-state index is -4.06. The fourth-order valence-electron chi connectivity index (χ4n) is 3.53. The molecule has 1 saturated carbocycles. The van der Waals surface area contributed by atoms with E-state index in [9.17, 15) is 18.0 Å². The quantitative estimate of drug-likeness (QED) is 0.774. The molecular formula is C15H24F3NO. The molecule has 0 amide bonds. The van der Waals surface area contributed by atoms with E-state index in [1.54, 1.807) is 0 Å². The Hall–Kier alpha value is -0.580. The van der Waals surface area contributed by atoms with Gasteiger partial charge in [-0.3, -0.25) is 4.79 Å². The van der Waals surface area contributed by atoms with E-state index in [4.69, 9.17) is 0 Å². The van der Waals surface area contributed by atoms with Gasteiger partial charge in [0.05, 0.1) is 5.92 Å². The molecule has 2 nitrogen and oxygen atoms in total. The van der Waals surface area contributed by atoms with Gasteiger partial charge in [-0.05, 0) is 38.8 Å². The molecule has 0 spiro atoms. The van der Waals surface area contributed by atoms with E-state index in [0.29, 0.717) is 25.4 Å². The van der Waals surface area contributed by atoms with Gasteiger partial charge in [-0.15, -0.1) is 0 Å². The zero-order valence-electron chi connectivity index (χ0n) is 12.3. The Balaban J connectivity index is 1.85. The summed E-state index contributed by atoms with van der Waals surface area (Å²) in [4.78, 5) is 14.4. The average molecular weight is 291 g/mol. The fourth-order valence-corrected chi connectivity index (χ4v) is 3.53. The van der Waals surface area contributed by atoms with Crippen LogP contribution in [0.3, 0.4) is 0 Å². The average Bonchev–Trinajstić information content (AvgIpc) is 2.34. The van der Waals surface area contributed by atoms with Crippen molar-refractivity contribution < 1.29 is 18.0 Å². The summed E-state index contributed by atoms with van der Waals surface area (Å²) in [7, 11) is 0. The number of ketones is 1. The molecule has 2 fully saturated rings. The van der Waals surface area contributed by atoms with Crippen LogP contribution >= 0.6 is 0 Å². The molecule has 0 bridgehead atoms. The lowest BCUT2D eigenvalue weighted by Crippen LogP contribution is -2.45. The summed E-state index contributed by atoms with van der Waals surface area (Å²) in [5.41, 5.74) is -0.257. The molecular weight excluding hydrogens is 267 g/mol. The number of hydrogen-bond acceptors (Lipinski definition) is 2. The van der Waals surface area contributed by atoms with Crippen molar-refractivity contribution in [2.45, 2.75) is 52.1 Å². The van der Waals surface area contributed by atoms with Crippen LogP contribution in [0.15, 0.2) is 0 Å². The molecule has 1 aliphatic carbocycles. The highest BCUT2D eigenvalue weighted by Gasteiger charge is 2.42. The molecule has 1 aliphatic heterocycles. The topological polar surface area (TPSA) is 20.3 Å². The van der Waals surface area contributed by atoms with E-state index in [-0.39, 0.29) is 24.2 Å². The molecule has 0 aromatic rings. The lowest BCUT2D eigenvalue weighted by atomic mass is 9.71. The number of piperidine rings is 1. The van der Waals surface area contributed by atoms with Crippen molar-refractivity contribution in [3.63, 3.8) is 0 Å². The number of nitrogens with zero attached hydrogens (tertiary/aromatic N) is 1. The Labute approximate surface area is 118 Å². The van der Waals surface area contributed by atoms with Crippen LogP contribution in [-0.2, 0) is 4.79 Å². The monoisotopic (exact) mass is 291 g/mol. The van der Waals surface area contributed by atoms with Crippen LogP contribution in [0.1, 0.15) is 46.0 Å². The van der Waals surface area contributed by atoms with E-state index in [2.05, 4.69) is 0 Å². The minimum absolute atomic E-state index is 0.0150. The van der Waals surface area contributed by atoms with Crippen molar-refractivity contribution in [1.29, 1.82) is 0 Å². The standard InChI is InChI=1S/C15H24F3NO/c1-14(2)7-3-4-11(13(14)20)10-19-8-5-12(6-9-19)15(16,17)18/h11-12H,3-10H2,1-2H3. The maximum Gasteiger partial charge on any atom is 0.391 e. The summed E-state index contributed by atoms with van der Waals surface area (Å²) < 4.78 is 37.9. The molecule has 5 heteroatoms. The number of rotatable bonds is 2. The minimum Gasteiger partial charge on any atom is -0.303 e. The summed E-state index contributed by atoms with van der Waals surface area (Å²) in [6.07, 6.45) is -0.848. The van der Waals surface area contributed by atoms with E-state index in [1.165, 1.54) is 0 Å². The number of carbonyl (C=O) groups is 1. The predicted molar refractivity (Wildman–Crippen MR) is 71.3 cm³/mol. The molecule has 1 atom stereocenters. The van der Waals surface area contributed by atoms with Crippen LogP contribution < -0.4 is 0 Å². The van der Waals surface area contributed by atoms with Crippen LogP contribution in [0.5, 0.6) is 0 Å². The van der Waals surface area contributed by atoms with Crippen molar-refractivity contribution >= 4 is 5.78 Å². The molecule has 1 heterocycles. The molecule has 0 radical (unpaired) electrons. The highest BCUT2D eigenvalue weighted by molar-refractivity contribution is 5.87. The Morgan fingerprint density at radius 1 is 1.20 bits per heavy atom. The molecule has 1 saturated heterocycles. The lowest BCUT2D eigenvalue weighted by Gasteiger charge is -2.38. The third kappa shape index (κ3) is 3.54. The fraction of sp³-hybridized carbons (Fsp3) is 0.933. The molecule has 1 unspecified atom stereocenters.